The SMILES string of the molecule is Cn1c(CO)nnc1SCC(=O)c1cc(F)ccc1F. The molecule has 0 fully saturated rings. The van der Waals surface area contributed by atoms with Gasteiger partial charge in [0.2, 0.25) is 0 Å². The van der Waals surface area contributed by atoms with Gasteiger partial charge in [-0.3, -0.25) is 4.79 Å². The molecule has 106 valence electrons. The van der Waals surface area contributed by atoms with Gasteiger partial charge in [0.25, 0.3) is 0 Å². The highest BCUT2D eigenvalue weighted by Gasteiger charge is 2.15. The fourth-order valence-corrected chi connectivity index (χ4v) is 2.34. The first kappa shape index (κ1) is 14.6. The van der Waals surface area contributed by atoms with Gasteiger partial charge in [-0.25, -0.2) is 8.78 Å². The number of hydrogen-bond acceptors (Lipinski definition) is 5. The van der Waals surface area contributed by atoms with Crippen molar-refractivity contribution < 1.29 is 18.7 Å². The van der Waals surface area contributed by atoms with Gasteiger partial charge in [0.05, 0.1) is 11.3 Å². The minimum Gasteiger partial charge on any atom is -0.388 e. The number of benzene rings is 1. The Morgan fingerprint density at radius 3 is 2.80 bits per heavy atom. The molecular formula is C12H11F2N3O2S. The smallest absolute Gasteiger partial charge is 0.191 e. The molecule has 2 rings (SSSR count). The summed E-state index contributed by atoms with van der Waals surface area (Å²) in [6.45, 7) is -0.267. The summed E-state index contributed by atoms with van der Waals surface area (Å²) in [6, 6.07) is 2.74. The lowest BCUT2D eigenvalue weighted by Gasteiger charge is -2.03. The molecule has 0 bridgehead atoms. The number of halogens is 2. The van der Waals surface area contributed by atoms with Crippen LogP contribution in [-0.2, 0) is 13.7 Å². The minimum absolute atomic E-state index is 0.0994. The van der Waals surface area contributed by atoms with Crippen LogP contribution in [0, 0.1) is 11.6 Å². The van der Waals surface area contributed by atoms with E-state index in [1.54, 1.807) is 7.05 Å². The van der Waals surface area contributed by atoms with Gasteiger partial charge in [-0.05, 0) is 18.2 Å². The zero-order valence-corrected chi connectivity index (χ0v) is 11.3. The van der Waals surface area contributed by atoms with E-state index in [1.165, 1.54) is 4.57 Å². The van der Waals surface area contributed by atoms with Gasteiger partial charge in [0.1, 0.15) is 18.2 Å². The lowest BCUT2D eigenvalue weighted by Crippen LogP contribution is -2.07. The van der Waals surface area contributed by atoms with Crippen molar-refractivity contribution in [1.29, 1.82) is 0 Å². The molecule has 1 heterocycles. The monoisotopic (exact) mass is 299 g/mol. The van der Waals surface area contributed by atoms with Crippen molar-refractivity contribution in [3.8, 4) is 0 Å². The number of carbonyl (C=O) groups is 1. The van der Waals surface area contributed by atoms with E-state index in [0.717, 1.165) is 30.0 Å². The van der Waals surface area contributed by atoms with Crippen LogP contribution in [-0.4, -0.2) is 31.4 Å². The zero-order chi connectivity index (χ0) is 14.7. The average molecular weight is 299 g/mol. The largest absolute Gasteiger partial charge is 0.388 e. The number of Topliss-reactive ketones (excluding diaryl/α,β-unsaturated/α-hetero) is 1. The van der Waals surface area contributed by atoms with E-state index in [4.69, 9.17) is 5.11 Å². The van der Waals surface area contributed by atoms with Crippen molar-refractivity contribution >= 4 is 17.5 Å². The number of ketones is 1. The molecule has 0 aliphatic carbocycles. The van der Waals surface area contributed by atoms with E-state index < -0.39 is 17.4 Å². The summed E-state index contributed by atoms with van der Waals surface area (Å²) in [5, 5.41) is 16.9. The predicted octanol–water partition coefficient (Wildman–Crippen LogP) is 1.56. The van der Waals surface area contributed by atoms with Gasteiger partial charge < -0.3 is 9.67 Å². The molecule has 1 aromatic carbocycles. The molecule has 0 unspecified atom stereocenters. The van der Waals surface area contributed by atoms with E-state index in [0.29, 0.717) is 11.0 Å². The van der Waals surface area contributed by atoms with E-state index in [1.807, 2.05) is 0 Å². The quantitative estimate of drug-likeness (QED) is 0.670. The second-order valence-corrected chi connectivity index (χ2v) is 4.89. The summed E-state index contributed by atoms with van der Waals surface area (Å²) in [5.74, 6) is -1.71. The first-order valence-corrected chi connectivity index (χ1v) is 6.61. The first-order chi connectivity index (χ1) is 9.52. The number of aliphatic hydroxyl groups is 1. The van der Waals surface area contributed by atoms with Gasteiger partial charge >= 0.3 is 0 Å². The van der Waals surface area contributed by atoms with Crippen molar-refractivity contribution in [2.45, 2.75) is 11.8 Å². The minimum atomic E-state index is -0.758. The van der Waals surface area contributed by atoms with E-state index in [-0.39, 0.29) is 17.9 Å². The highest BCUT2D eigenvalue weighted by atomic mass is 32.2. The fourth-order valence-electron chi connectivity index (χ4n) is 1.53. The lowest BCUT2D eigenvalue weighted by atomic mass is 10.1. The van der Waals surface area contributed by atoms with Gasteiger partial charge in [-0.15, -0.1) is 10.2 Å². The maximum atomic E-state index is 13.4. The van der Waals surface area contributed by atoms with Crippen LogP contribution in [0.25, 0.3) is 0 Å². The number of thioether (sulfide) groups is 1. The third-order valence-corrected chi connectivity index (χ3v) is 3.65. The van der Waals surface area contributed by atoms with Crippen LogP contribution in [0.3, 0.4) is 0 Å². The standard InChI is InChI=1S/C12H11F2N3O2S/c1-17-11(5-18)15-16-12(17)20-6-10(19)8-4-7(13)2-3-9(8)14/h2-4,18H,5-6H2,1H3. The van der Waals surface area contributed by atoms with Crippen LogP contribution in [0.1, 0.15) is 16.2 Å². The first-order valence-electron chi connectivity index (χ1n) is 5.63. The molecule has 20 heavy (non-hydrogen) atoms. The molecule has 1 aromatic heterocycles. The molecule has 1 N–H and O–H groups in total. The van der Waals surface area contributed by atoms with Crippen LogP contribution in [0.5, 0.6) is 0 Å². The van der Waals surface area contributed by atoms with Crippen LogP contribution in [0.2, 0.25) is 0 Å². The lowest BCUT2D eigenvalue weighted by molar-refractivity contribution is 0.101. The number of carbonyl (C=O) groups excluding carboxylic acids is 1. The molecule has 0 radical (unpaired) electrons. The Balaban J connectivity index is 2.08. The maximum absolute atomic E-state index is 13.4. The van der Waals surface area contributed by atoms with Gasteiger partial charge in [0, 0.05) is 7.05 Å². The van der Waals surface area contributed by atoms with Crippen LogP contribution >= 0.6 is 11.8 Å². The van der Waals surface area contributed by atoms with Crippen molar-refractivity contribution in [3.63, 3.8) is 0 Å². The second kappa shape index (κ2) is 6.10. The highest BCUT2D eigenvalue weighted by Crippen LogP contribution is 2.19. The highest BCUT2D eigenvalue weighted by molar-refractivity contribution is 7.99. The maximum Gasteiger partial charge on any atom is 0.191 e. The van der Waals surface area contributed by atoms with Gasteiger partial charge in [-0.1, -0.05) is 11.8 Å². The zero-order valence-electron chi connectivity index (χ0n) is 10.5. The third-order valence-electron chi connectivity index (χ3n) is 2.63. The molecule has 5 nitrogen and oxygen atoms in total. The molecule has 0 aliphatic rings. The normalized spacial score (nSPS) is 10.8. The second-order valence-electron chi connectivity index (χ2n) is 3.95. The topological polar surface area (TPSA) is 68.0 Å². The van der Waals surface area contributed by atoms with E-state index >= 15 is 0 Å². The van der Waals surface area contributed by atoms with Crippen LogP contribution < -0.4 is 0 Å². The van der Waals surface area contributed by atoms with Crippen molar-refractivity contribution in [1.82, 2.24) is 14.8 Å². The Hall–Kier alpha value is -1.80. The van der Waals surface area contributed by atoms with Crippen molar-refractivity contribution in [2.75, 3.05) is 5.75 Å². The summed E-state index contributed by atoms with van der Waals surface area (Å²) in [7, 11) is 1.64. The molecule has 0 aliphatic heterocycles. The molecule has 0 spiro atoms. The molecule has 0 saturated heterocycles. The number of nitrogens with zero attached hydrogens (tertiary/aromatic N) is 3. The molecule has 8 heteroatoms. The summed E-state index contributed by atoms with van der Waals surface area (Å²) < 4.78 is 28.0. The summed E-state index contributed by atoms with van der Waals surface area (Å²) in [5.41, 5.74) is -0.290. The number of rotatable bonds is 5. The molecule has 0 atom stereocenters. The summed E-state index contributed by atoms with van der Waals surface area (Å²) in [6.07, 6.45) is 0. The fraction of sp³-hybridized carbons (Fsp3) is 0.250. The predicted molar refractivity (Wildman–Crippen MR) is 68.3 cm³/mol. The van der Waals surface area contributed by atoms with Crippen molar-refractivity contribution in [3.05, 3.63) is 41.2 Å². The number of hydrogen-bond donors (Lipinski definition) is 1. The Morgan fingerprint density at radius 2 is 2.15 bits per heavy atom. The number of aromatic nitrogens is 3. The van der Waals surface area contributed by atoms with Gasteiger partial charge in [-0.2, -0.15) is 0 Å². The third kappa shape index (κ3) is 3.02. The summed E-state index contributed by atoms with van der Waals surface area (Å²) >= 11 is 1.04. The van der Waals surface area contributed by atoms with Crippen LogP contribution in [0.4, 0.5) is 8.78 Å². The molecule has 0 amide bonds. The average Bonchev–Trinajstić information content (AvgIpc) is 2.79. The molecule has 2 aromatic rings. The Bertz CT molecular complexity index is 646. The van der Waals surface area contributed by atoms with Gasteiger partial charge in [0.15, 0.2) is 16.8 Å². The van der Waals surface area contributed by atoms with E-state index in [2.05, 4.69) is 10.2 Å². The van der Waals surface area contributed by atoms with E-state index in [9.17, 15) is 13.6 Å². The molecular weight excluding hydrogens is 288 g/mol. The Morgan fingerprint density at radius 1 is 1.40 bits per heavy atom. The van der Waals surface area contributed by atoms with Crippen LogP contribution in [0.15, 0.2) is 23.4 Å². The summed E-state index contributed by atoms with van der Waals surface area (Å²) in [4.78, 5) is 11.8. The van der Waals surface area contributed by atoms with Crippen molar-refractivity contribution in [2.24, 2.45) is 7.05 Å². The molecule has 0 saturated carbocycles. The Labute approximate surface area is 117 Å². The number of aliphatic hydroxyl groups excluding tert-OH is 1. The Kier molecular flexibility index (Phi) is 4.46.